The second-order valence-corrected chi connectivity index (χ2v) is 14.2. The normalized spacial score (nSPS) is 18.1. The molecule has 2 aliphatic rings. The largest absolute Gasteiger partial charge is 0.484 e. The number of rotatable bonds is 8. The third-order valence-corrected chi connectivity index (χ3v) is 9.53. The molecule has 49 heavy (non-hydrogen) atoms. The predicted molar refractivity (Wildman–Crippen MR) is 191 cm³/mol. The molecule has 0 saturated carbocycles. The maximum atomic E-state index is 13.5. The van der Waals surface area contributed by atoms with E-state index in [1.807, 2.05) is 35.0 Å². The number of nitrogens with one attached hydrogen (secondary N) is 4. The molecule has 11 nitrogen and oxygen atoms in total. The number of hydrogen-bond donors (Lipinski definition) is 4. The lowest BCUT2D eigenvalue weighted by Crippen LogP contribution is -2.39. The van der Waals surface area contributed by atoms with Gasteiger partial charge in [0.25, 0.3) is 0 Å². The maximum absolute atomic E-state index is 13.5. The first kappa shape index (κ1) is 34.7. The van der Waals surface area contributed by atoms with Crippen LogP contribution in [-0.2, 0) is 16.7 Å². The highest BCUT2D eigenvalue weighted by Gasteiger charge is 2.30. The van der Waals surface area contributed by atoms with Crippen molar-refractivity contribution in [3.8, 4) is 5.75 Å². The van der Waals surface area contributed by atoms with Gasteiger partial charge in [-0.1, -0.05) is 74.3 Å². The number of benzene rings is 2. The number of nitrogens with zero attached hydrogens (tertiary/aromatic N) is 4. The summed E-state index contributed by atoms with van der Waals surface area (Å²) < 4.78 is 15.3. The first-order valence-corrected chi connectivity index (χ1v) is 17.3. The third kappa shape index (κ3) is 8.02. The van der Waals surface area contributed by atoms with Crippen LogP contribution in [0.15, 0.2) is 66.9 Å². The summed E-state index contributed by atoms with van der Waals surface area (Å²) in [6.45, 7) is 11.1. The number of carbonyl (C=O) groups excluding carboxylic acids is 1. The fourth-order valence-electron chi connectivity index (χ4n) is 6.19. The molecule has 2 aromatic carbocycles. The summed E-state index contributed by atoms with van der Waals surface area (Å²) in [5.41, 5.74) is 3.12. The van der Waals surface area contributed by atoms with Gasteiger partial charge in [0.2, 0.25) is 0 Å². The zero-order chi connectivity index (χ0) is 34.7. The number of hydrogen-bond acceptors (Lipinski definition) is 7. The molecule has 0 spiro atoms. The number of urea groups is 1. The van der Waals surface area contributed by atoms with E-state index in [9.17, 15) is 4.79 Å². The fraction of sp³-hybridized carbons (Fsp3) is 0.389. The number of halogens is 2. The van der Waals surface area contributed by atoms with E-state index >= 15 is 0 Å². The molecule has 3 heterocycles. The van der Waals surface area contributed by atoms with Crippen LogP contribution in [0.4, 0.5) is 10.6 Å². The topological polar surface area (TPSA) is 133 Å². The maximum Gasteiger partial charge on any atom is 0.320 e. The van der Waals surface area contributed by atoms with E-state index in [4.69, 9.17) is 48.6 Å². The van der Waals surface area contributed by atoms with E-state index in [0.717, 1.165) is 49.7 Å². The third-order valence-electron chi connectivity index (χ3n) is 8.90. The molecule has 2 amide bonds. The Balaban J connectivity index is 1.16. The average Bonchev–Trinajstić information content (AvgIpc) is 3.49. The Morgan fingerprint density at radius 3 is 2.43 bits per heavy atom. The average molecular weight is 706 g/mol. The minimum absolute atomic E-state index is 0.0255. The Morgan fingerprint density at radius 2 is 1.71 bits per heavy atom. The summed E-state index contributed by atoms with van der Waals surface area (Å²) in [5, 5.41) is 29.0. The fourth-order valence-corrected chi connectivity index (χ4v) is 6.77. The van der Waals surface area contributed by atoms with Crippen LogP contribution in [0.1, 0.15) is 68.1 Å². The summed E-state index contributed by atoms with van der Waals surface area (Å²) in [6.07, 6.45) is 2.61. The zero-order valence-corrected chi connectivity index (χ0v) is 29.4. The van der Waals surface area contributed by atoms with Gasteiger partial charge >= 0.3 is 6.03 Å². The first-order chi connectivity index (χ1) is 23.5. The van der Waals surface area contributed by atoms with Crippen molar-refractivity contribution in [2.45, 2.75) is 57.7 Å². The van der Waals surface area contributed by atoms with Crippen LogP contribution in [-0.4, -0.2) is 64.0 Å². The number of morpholine rings is 1. The van der Waals surface area contributed by atoms with Crippen LogP contribution in [0.5, 0.6) is 5.75 Å². The number of carbonyl (C=O) groups is 1. The molecule has 1 saturated heterocycles. The number of fused-ring (bicyclic) bond motifs is 1. The standard InChI is InChI=1S/C36H42Cl2N8O3/c1-36(2,3)30-21-32(46(43-30)16-15-44-17-19-48-20-18-44)42-35(47)41-28-12-13-29(25-8-5-4-7-24(25)28)49-23-11-14-31(39)45(22-23)34(40)33-26(37)9-6-10-27(33)38/h4-11,14,21-22,28-29,39-40H,12-13,15-20H2,1-3H3,(H2,41,42,47). The van der Waals surface area contributed by atoms with Crippen molar-refractivity contribution in [3.63, 3.8) is 0 Å². The van der Waals surface area contributed by atoms with Gasteiger partial charge in [-0.25, -0.2) is 9.48 Å². The van der Waals surface area contributed by atoms with Crippen LogP contribution >= 0.6 is 23.2 Å². The van der Waals surface area contributed by atoms with Gasteiger partial charge < -0.3 is 14.8 Å². The molecule has 2 unspecified atom stereocenters. The second kappa shape index (κ2) is 14.8. The first-order valence-electron chi connectivity index (χ1n) is 16.5. The van der Waals surface area contributed by atoms with Crippen molar-refractivity contribution in [1.29, 1.82) is 10.8 Å². The lowest BCUT2D eigenvalue weighted by Gasteiger charge is -2.32. The van der Waals surface area contributed by atoms with Crippen LogP contribution in [0.25, 0.3) is 0 Å². The molecule has 0 radical (unpaired) electrons. The Hall–Kier alpha value is -4.16. The van der Waals surface area contributed by atoms with Crippen molar-refractivity contribution in [2.24, 2.45) is 0 Å². The van der Waals surface area contributed by atoms with Crippen molar-refractivity contribution in [3.05, 3.63) is 105 Å². The highest BCUT2D eigenvalue weighted by Crippen LogP contribution is 2.39. The van der Waals surface area contributed by atoms with Gasteiger partial charge in [0.1, 0.15) is 29.0 Å². The lowest BCUT2D eigenvalue weighted by molar-refractivity contribution is 0.0360. The van der Waals surface area contributed by atoms with Crippen LogP contribution in [0.2, 0.25) is 10.0 Å². The van der Waals surface area contributed by atoms with Gasteiger partial charge in [0.15, 0.2) is 0 Å². The van der Waals surface area contributed by atoms with Crippen molar-refractivity contribution in [2.75, 3.05) is 38.2 Å². The summed E-state index contributed by atoms with van der Waals surface area (Å²) in [4.78, 5) is 15.8. The molecule has 0 bridgehead atoms. The van der Waals surface area contributed by atoms with Gasteiger partial charge in [0, 0.05) is 31.1 Å². The van der Waals surface area contributed by atoms with E-state index in [-0.39, 0.29) is 34.9 Å². The van der Waals surface area contributed by atoms with E-state index in [0.29, 0.717) is 46.6 Å². The summed E-state index contributed by atoms with van der Waals surface area (Å²) in [6, 6.07) is 17.7. The van der Waals surface area contributed by atoms with Crippen molar-refractivity contribution < 1.29 is 14.3 Å². The monoisotopic (exact) mass is 704 g/mol. The summed E-state index contributed by atoms with van der Waals surface area (Å²) >= 11 is 12.7. The molecular weight excluding hydrogens is 663 g/mol. The molecule has 1 fully saturated rings. The van der Waals surface area contributed by atoms with Crippen molar-refractivity contribution >= 4 is 40.9 Å². The van der Waals surface area contributed by atoms with Gasteiger partial charge in [-0.05, 0) is 48.2 Å². The molecule has 1 aliphatic carbocycles. The van der Waals surface area contributed by atoms with Gasteiger partial charge in [-0.2, -0.15) is 5.10 Å². The van der Waals surface area contributed by atoms with Crippen molar-refractivity contribution in [1.82, 2.24) is 24.6 Å². The van der Waals surface area contributed by atoms with Crippen LogP contribution < -0.4 is 20.9 Å². The minimum Gasteiger partial charge on any atom is -0.484 e. The second-order valence-electron chi connectivity index (χ2n) is 13.4. The van der Waals surface area contributed by atoms with Crippen LogP contribution in [0.3, 0.4) is 0 Å². The van der Waals surface area contributed by atoms with E-state index in [1.165, 1.54) is 4.57 Å². The molecule has 1 aliphatic heterocycles. The number of ether oxygens (including phenoxy) is 2. The van der Waals surface area contributed by atoms with E-state index < -0.39 is 0 Å². The number of aromatic nitrogens is 3. The van der Waals surface area contributed by atoms with E-state index in [2.05, 4.69) is 36.3 Å². The minimum atomic E-state index is -0.295. The molecular formula is C36H42Cl2N8O3. The van der Waals surface area contributed by atoms with Crippen LogP contribution in [0, 0.1) is 10.8 Å². The van der Waals surface area contributed by atoms with Gasteiger partial charge in [-0.3, -0.25) is 25.6 Å². The molecule has 13 heteroatoms. The molecule has 258 valence electrons. The van der Waals surface area contributed by atoms with Gasteiger partial charge in [0.05, 0.1) is 53.3 Å². The molecule has 4 aromatic rings. The lowest BCUT2D eigenvalue weighted by atomic mass is 9.85. The number of pyridine rings is 1. The van der Waals surface area contributed by atoms with E-state index in [1.54, 1.807) is 36.5 Å². The molecule has 2 atom stereocenters. The number of amides is 2. The molecule has 4 N–H and O–H groups in total. The Labute approximate surface area is 296 Å². The van der Waals surface area contributed by atoms with Gasteiger partial charge in [-0.15, -0.1) is 0 Å². The highest BCUT2D eigenvalue weighted by atomic mass is 35.5. The predicted octanol–water partition coefficient (Wildman–Crippen LogP) is 6.75. The highest BCUT2D eigenvalue weighted by molar-refractivity contribution is 6.40. The smallest absolute Gasteiger partial charge is 0.320 e. The SMILES string of the molecule is CC(C)(C)c1cc(NC(=O)NC2CCC(Oc3ccc(=N)n(C(=N)c4c(Cl)cccc4Cl)c3)c3ccccc32)n(CCN2CCOCC2)n1. The molecule has 6 rings (SSSR count). The number of anilines is 1. The Bertz CT molecular complexity index is 1870. The zero-order valence-electron chi connectivity index (χ0n) is 27.9. The summed E-state index contributed by atoms with van der Waals surface area (Å²) in [7, 11) is 0. The Morgan fingerprint density at radius 1 is 1.00 bits per heavy atom. The molecule has 2 aromatic heterocycles. The Kier molecular flexibility index (Phi) is 10.4. The summed E-state index contributed by atoms with van der Waals surface area (Å²) in [5.74, 6) is 1.13. The quantitative estimate of drug-likeness (QED) is 0.119.